The lowest BCUT2D eigenvalue weighted by Crippen LogP contribution is -2.37. The van der Waals surface area contributed by atoms with Gasteiger partial charge in [-0.15, -0.1) is 0 Å². The zero-order valence-electron chi connectivity index (χ0n) is 20.8. The van der Waals surface area contributed by atoms with Crippen molar-refractivity contribution in [2.24, 2.45) is 0 Å². The summed E-state index contributed by atoms with van der Waals surface area (Å²) in [6.45, 7) is 3.57. The van der Waals surface area contributed by atoms with E-state index in [4.69, 9.17) is 26.2 Å². The first-order valence-corrected chi connectivity index (χ1v) is 13.1. The van der Waals surface area contributed by atoms with Crippen molar-refractivity contribution in [2.45, 2.75) is 38.8 Å². The lowest BCUT2D eigenvalue weighted by atomic mass is 10.1. The molecule has 0 saturated carbocycles. The van der Waals surface area contributed by atoms with Crippen LogP contribution >= 0.6 is 11.6 Å². The third-order valence-electron chi connectivity index (χ3n) is 6.50. The Morgan fingerprint density at radius 2 is 1.76 bits per heavy atom. The van der Waals surface area contributed by atoms with Crippen LogP contribution in [0.4, 0.5) is 0 Å². The van der Waals surface area contributed by atoms with Crippen LogP contribution in [0.1, 0.15) is 41.4 Å². The maximum Gasteiger partial charge on any atom is 0.255 e. The summed E-state index contributed by atoms with van der Waals surface area (Å²) in [4.78, 5) is 15.6. The zero-order valence-corrected chi connectivity index (χ0v) is 21.6. The van der Waals surface area contributed by atoms with Gasteiger partial charge in [0.05, 0.1) is 40.2 Å². The van der Waals surface area contributed by atoms with Crippen LogP contribution in [0, 0.1) is 0 Å². The maximum absolute atomic E-state index is 13.8. The summed E-state index contributed by atoms with van der Waals surface area (Å²) in [5.41, 5.74) is 3.10. The molecule has 1 atom stereocenters. The van der Waals surface area contributed by atoms with Gasteiger partial charge in [-0.2, -0.15) is 5.10 Å². The average molecular weight is 516 g/mol. The second kappa shape index (κ2) is 11.6. The van der Waals surface area contributed by atoms with Crippen LogP contribution in [0.2, 0.25) is 5.02 Å². The minimum absolute atomic E-state index is 0.0147. The fourth-order valence-electron chi connectivity index (χ4n) is 4.62. The molecule has 2 heterocycles. The number of rotatable bonds is 9. The molecule has 1 saturated heterocycles. The molecule has 1 fully saturated rings. The van der Waals surface area contributed by atoms with Gasteiger partial charge in [0.2, 0.25) is 5.88 Å². The summed E-state index contributed by atoms with van der Waals surface area (Å²) >= 11 is 6.44. The SMILES string of the molecule is CCc1nn(-c2ccccc2)c(Oc2ccccc2)c1CN(C[C@H]1CCCO1)C(=O)c1ccccc1Cl. The topological polar surface area (TPSA) is 56.6 Å². The highest BCUT2D eigenvalue weighted by molar-refractivity contribution is 6.33. The molecular formula is C30H30ClN3O3. The standard InChI is InChI=1S/C30H30ClN3O3/c1-2-28-26(21-33(20-24-16-11-19-36-24)29(35)25-17-9-10-18-27(25)31)30(37-23-14-7-4-8-15-23)34(32-28)22-12-5-3-6-13-22/h3-10,12-15,17-18,24H,2,11,16,19-21H2,1H3/t24-/m1/s1. The summed E-state index contributed by atoms with van der Waals surface area (Å²) in [6.07, 6.45) is 2.59. The van der Waals surface area contributed by atoms with E-state index in [0.717, 1.165) is 29.8 Å². The van der Waals surface area contributed by atoms with Crippen LogP contribution < -0.4 is 4.74 Å². The van der Waals surface area contributed by atoms with Gasteiger partial charge in [-0.3, -0.25) is 4.79 Å². The minimum Gasteiger partial charge on any atom is -0.439 e. The van der Waals surface area contributed by atoms with Gasteiger partial charge in [0.25, 0.3) is 5.91 Å². The second-order valence-electron chi connectivity index (χ2n) is 9.05. The van der Waals surface area contributed by atoms with Gasteiger partial charge in [0.15, 0.2) is 0 Å². The lowest BCUT2D eigenvalue weighted by molar-refractivity contribution is 0.0505. The van der Waals surface area contributed by atoms with Crippen molar-refractivity contribution in [1.82, 2.24) is 14.7 Å². The van der Waals surface area contributed by atoms with E-state index in [2.05, 4.69) is 6.92 Å². The van der Waals surface area contributed by atoms with Gasteiger partial charge in [0.1, 0.15) is 5.75 Å². The van der Waals surface area contributed by atoms with E-state index < -0.39 is 0 Å². The average Bonchev–Trinajstić information content (AvgIpc) is 3.57. The normalized spacial score (nSPS) is 15.0. The number of aromatic nitrogens is 2. The number of para-hydroxylation sites is 2. The molecule has 6 nitrogen and oxygen atoms in total. The molecule has 0 bridgehead atoms. The van der Waals surface area contributed by atoms with Gasteiger partial charge in [-0.25, -0.2) is 4.68 Å². The Labute approximate surface area is 222 Å². The van der Waals surface area contributed by atoms with Crippen LogP contribution in [0.5, 0.6) is 11.6 Å². The number of amides is 1. The summed E-state index contributed by atoms with van der Waals surface area (Å²) in [6, 6.07) is 26.7. The van der Waals surface area contributed by atoms with Crippen molar-refractivity contribution < 1.29 is 14.3 Å². The van der Waals surface area contributed by atoms with Crippen LogP contribution in [-0.4, -0.2) is 39.8 Å². The Morgan fingerprint density at radius 3 is 2.43 bits per heavy atom. The monoisotopic (exact) mass is 515 g/mol. The number of benzene rings is 3. The highest BCUT2D eigenvalue weighted by atomic mass is 35.5. The number of halogens is 1. The van der Waals surface area contributed by atoms with Gasteiger partial charge >= 0.3 is 0 Å². The summed E-state index contributed by atoms with van der Waals surface area (Å²) in [5.74, 6) is 1.16. The van der Waals surface area contributed by atoms with Crippen LogP contribution in [0.25, 0.3) is 5.69 Å². The third kappa shape index (κ3) is 5.71. The van der Waals surface area contributed by atoms with E-state index in [-0.39, 0.29) is 12.0 Å². The molecule has 7 heteroatoms. The van der Waals surface area contributed by atoms with Crippen molar-refractivity contribution in [1.29, 1.82) is 0 Å². The highest BCUT2D eigenvalue weighted by Crippen LogP contribution is 2.33. The van der Waals surface area contributed by atoms with Crippen molar-refractivity contribution in [3.05, 3.63) is 107 Å². The summed E-state index contributed by atoms with van der Waals surface area (Å²) in [5, 5.41) is 5.36. The van der Waals surface area contributed by atoms with Gasteiger partial charge in [0, 0.05) is 13.2 Å². The number of carbonyl (C=O) groups excluding carboxylic acids is 1. The van der Waals surface area contributed by atoms with E-state index in [1.165, 1.54) is 0 Å². The van der Waals surface area contributed by atoms with Crippen LogP contribution in [0.3, 0.4) is 0 Å². The first-order chi connectivity index (χ1) is 18.1. The Bertz CT molecular complexity index is 1330. The highest BCUT2D eigenvalue weighted by Gasteiger charge is 2.29. The van der Waals surface area contributed by atoms with Crippen molar-refractivity contribution >= 4 is 17.5 Å². The molecule has 190 valence electrons. The van der Waals surface area contributed by atoms with Crippen LogP contribution in [0.15, 0.2) is 84.9 Å². The Hall–Kier alpha value is -3.61. The predicted molar refractivity (Wildman–Crippen MR) is 145 cm³/mol. The molecule has 0 radical (unpaired) electrons. The molecular weight excluding hydrogens is 486 g/mol. The molecule has 1 amide bonds. The molecule has 0 N–H and O–H groups in total. The van der Waals surface area contributed by atoms with E-state index in [9.17, 15) is 4.79 Å². The fourth-order valence-corrected chi connectivity index (χ4v) is 4.84. The lowest BCUT2D eigenvalue weighted by Gasteiger charge is -2.26. The summed E-state index contributed by atoms with van der Waals surface area (Å²) < 4.78 is 14.2. The fraction of sp³-hybridized carbons (Fsp3) is 0.267. The first kappa shape index (κ1) is 25.1. The quantitative estimate of drug-likeness (QED) is 0.249. The number of aryl methyl sites for hydroxylation is 1. The van der Waals surface area contributed by atoms with Crippen LogP contribution in [-0.2, 0) is 17.7 Å². The molecule has 1 aromatic heterocycles. The number of ether oxygens (including phenoxy) is 2. The Kier molecular flexibility index (Phi) is 7.87. The van der Waals surface area contributed by atoms with Gasteiger partial charge < -0.3 is 14.4 Å². The molecule has 1 aliphatic heterocycles. The molecule has 0 aliphatic carbocycles. The Balaban J connectivity index is 1.58. The number of hydrogen-bond donors (Lipinski definition) is 0. The predicted octanol–water partition coefficient (Wildman–Crippen LogP) is 6.70. The Morgan fingerprint density at radius 1 is 1.05 bits per heavy atom. The van der Waals surface area contributed by atoms with E-state index in [1.807, 2.05) is 82.4 Å². The first-order valence-electron chi connectivity index (χ1n) is 12.7. The largest absolute Gasteiger partial charge is 0.439 e. The maximum atomic E-state index is 13.8. The van der Waals surface area contributed by atoms with E-state index in [1.54, 1.807) is 12.1 Å². The van der Waals surface area contributed by atoms with Crippen molar-refractivity contribution in [3.8, 4) is 17.3 Å². The minimum atomic E-state index is -0.138. The van der Waals surface area contributed by atoms with E-state index in [0.29, 0.717) is 48.3 Å². The molecule has 1 aliphatic rings. The van der Waals surface area contributed by atoms with E-state index >= 15 is 0 Å². The smallest absolute Gasteiger partial charge is 0.255 e. The third-order valence-corrected chi connectivity index (χ3v) is 6.83. The number of nitrogens with zero attached hydrogens (tertiary/aromatic N) is 3. The molecule has 0 unspecified atom stereocenters. The molecule has 0 spiro atoms. The molecule has 4 aromatic rings. The molecule has 3 aromatic carbocycles. The van der Waals surface area contributed by atoms with Crippen molar-refractivity contribution in [3.63, 3.8) is 0 Å². The summed E-state index contributed by atoms with van der Waals surface area (Å²) in [7, 11) is 0. The number of hydrogen-bond acceptors (Lipinski definition) is 4. The molecule has 37 heavy (non-hydrogen) atoms. The molecule has 5 rings (SSSR count). The zero-order chi connectivity index (χ0) is 25.6. The van der Waals surface area contributed by atoms with Gasteiger partial charge in [-0.05, 0) is 55.7 Å². The second-order valence-corrected chi connectivity index (χ2v) is 9.45. The van der Waals surface area contributed by atoms with Gasteiger partial charge in [-0.1, -0.05) is 67.1 Å². The van der Waals surface area contributed by atoms with Crippen molar-refractivity contribution in [2.75, 3.05) is 13.2 Å². The number of carbonyl (C=O) groups is 1.